The van der Waals surface area contributed by atoms with Gasteiger partial charge >= 0.3 is 5.97 Å². The summed E-state index contributed by atoms with van der Waals surface area (Å²) in [5.74, 6) is -0.0104. The molecule has 4 aromatic rings. The minimum Gasteiger partial charge on any atom is -0.459 e. The summed E-state index contributed by atoms with van der Waals surface area (Å²) < 4.78 is 32.3. The highest BCUT2D eigenvalue weighted by Gasteiger charge is 2.20. The number of nitrogens with zero attached hydrogens (tertiary/aromatic N) is 4. The van der Waals surface area contributed by atoms with Crippen molar-refractivity contribution in [2.45, 2.75) is 31.8 Å². The summed E-state index contributed by atoms with van der Waals surface area (Å²) in [5, 5.41) is 0. The third-order valence-electron chi connectivity index (χ3n) is 4.73. The first-order valence-corrected chi connectivity index (χ1v) is 11.3. The first-order valence-electron chi connectivity index (χ1n) is 9.82. The van der Waals surface area contributed by atoms with Crippen molar-refractivity contribution in [3.05, 3.63) is 83.6 Å². The van der Waals surface area contributed by atoms with E-state index in [-0.39, 0.29) is 17.1 Å². The Morgan fingerprint density at radius 1 is 1.06 bits per heavy atom. The largest absolute Gasteiger partial charge is 0.459 e. The van der Waals surface area contributed by atoms with Crippen molar-refractivity contribution < 1.29 is 17.9 Å². The molecular weight excluding hydrogens is 430 g/mol. The first-order chi connectivity index (χ1) is 15.3. The number of rotatable bonds is 7. The van der Waals surface area contributed by atoms with E-state index in [9.17, 15) is 13.2 Å². The molecule has 0 aliphatic rings. The number of aromatic nitrogens is 4. The van der Waals surface area contributed by atoms with Gasteiger partial charge in [-0.1, -0.05) is 48.5 Å². The molecule has 1 N–H and O–H groups in total. The van der Waals surface area contributed by atoms with Gasteiger partial charge < -0.3 is 4.74 Å². The number of carbonyl (C=O) groups excluding carboxylic acids is 1. The fourth-order valence-corrected chi connectivity index (χ4v) is 4.48. The zero-order valence-corrected chi connectivity index (χ0v) is 18.3. The van der Waals surface area contributed by atoms with Crippen molar-refractivity contribution >= 4 is 27.2 Å². The molecule has 9 nitrogen and oxygen atoms in total. The van der Waals surface area contributed by atoms with Crippen LogP contribution in [0, 0.1) is 6.92 Å². The number of fused-ring (bicyclic) bond motifs is 1. The molecule has 2 aromatic carbocycles. The molecule has 2 aromatic heterocycles. The van der Waals surface area contributed by atoms with Gasteiger partial charge in [-0.05, 0) is 24.1 Å². The SMILES string of the molecule is CC(=O)OCc1nc(Cc2ccccc2)nc2c1ncn2NS(=O)(=O)c1ccccc1C. The molecular formula is C22H21N5O4S. The molecule has 0 saturated carbocycles. The Labute approximate surface area is 185 Å². The lowest BCUT2D eigenvalue weighted by atomic mass is 10.1. The van der Waals surface area contributed by atoms with Crippen molar-refractivity contribution in [1.29, 1.82) is 0 Å². The molecule has 0 bridgehead atoms. The van der Waals surface area contributed by atoms with E-state index in [1.54, 1.807) is 25.1 Å². The van der Waals surface area contributed by atoms with Crippen molar-refractivity contribution in [3.8, 4) is 0 Å². The zero-order chi connectivity index (χ0) is 22.7. The number of hydrogen-bond acceptors (Lipinski definition) is 7. The number of ether oxygens (including phenoxy) is 1. The summed E-state index contributed by atoms with van der Waals surface area (Å²) in [6.45, 7) is 2.92. The van der Waals surface area contributed by atoms with Crippen LogP contribution < -0.4 is 4.83 Å². The predicted octanol–water partition coefficient (Wildman–Crippen LogP) is 2.72. The van der Waals surface area contributed by atoms with Crippen LogP contribution in [0.15, 0.2) is 65.8 Å². The highest BCUT2D eigenvalue weighted by Crippen LogP contribution is 2.19. The van der Waals surface area contributed by atoms with Gasteiger partial charge in [0.1, 0.15) is 30.0 Å². The monoisotopic (exact) mass is 451 g/mol. The third-order valence-corrected chi connectivity index (χ3v) is 6.21. The molecule has 4 rings (SSSR count). The number of imidazole rings is 1. The number of carbonyl (C=O) groups is 1. The molecule has 164 valence electrons. The lowest BCUT2D eigenvalue weighted by molar-refractivity contribution is -0.142. The van der Waals surface area contributed by atoms with E-state index in [1.807, 2.05) is 30.3 Å². The van der Waals surface area contributed by atoms with Crippen LogP contribution in [-0.2, 0) is 32.6 Å². The molecule has 0 radical (unpaired) electrons. The van der Waals surface area contributed by atoms with Crippen molar-refractivity contribution in [2.75, 3.05) is 4.83 Å². The van der Waals surface area contributed by atoms with Gasteiger partial charge in [-0.3, -0.25) is 4.79 Å². The highest BCUT2D eigenvalue weighted by atomic mass is 32.2. The van der Waals surface area contributed by atoms with Gasteiger partial charge in [0.2, 0.25) is 0 Å². The Kier molecular flexibility index (Phi) is 5.87. The van der Waals surface area contributed by atoms with Crippen LogP contribution >= 0.6 is 0 Å². The number of benzene rings is 2. The summed E-state index contributed by atoms with van der Waals surface area (Å²) in [6, 6.07) is 16.3. The molecule has 0 spiro atoms. The molecule has 32 heavy (non-hydrogen) atoms. The van der Waals surface area contributed by atoms with E-state index < -0.39 is 16.0 Å². The molecule has 10 heteroatoms. The molecule has 0 atom stereocenters. The summed E-state index contributed by atoms with van der Waals surface area (Å²) in [4.78, 5) is 27.3. The number of esters is 1. The Bertz CT molecular complexity index is 1380. The second-order valence-corrected chi connectivity index (χ2v) is 8.81. The van der Waals surface area contributed by atoms with Gasteiger partial charge in [0.05, 0.1) is 4.90 Å². The molecule has 2 heterocycles. The van der Waals surface area contributed by atoms with E-state index in [2.05, 4.69) is 19.8 Å². The molecule has 0 aliphatic heterocycles. The Balaban J connectivity index is 1.76. The van der Waals surface area contributed by atoms with Crippen LogP contribution in [0.2, 0.25) is 0 Å². The summed E-state index contributed by atoms with van der Waals surface area (Å²) in [7, 11) is -3.89. The fourth-order valence-electron chi connectivity index (χ4n) is 3.24. The number of nitrogens with one attached hydrogen (secondary N) is 1. The van der Waals surface area contributed by atoms with Gasteiger partial charge in [-0.2, -0.15) is 8.42 Å². The Hall–Kier alpha value is -3.79. The summed E-state index contributed by atoms with van der Waals surface area (Å²) in [5.41, 5.74) is 2.60. The standard InChI is InChI=1S/C22H21N5O4S/c1-15-8-6-7-11-19(15)32(29,30)26-27-14-23-21-18(13-31-16(2)28)24-20(25-22(21)27)12-17-9-4-3-5-10-17/h3-11,14,26H,12-13H2,1-2H3. The van der Waals surface area contributed by atoms with Gasteiger partial charge in [0.25, 0.3) is 10.0 Å². The molecule has 0 amide bonds. The molecule has 0 saturated heterocycles. The van der Waals surface area contributed by atoms with Crippen LogP contribution in [0.1, 0.15) is 29.6 Å². The van der Waals surface area contributed by atoms with Crippen LogP contribution in [0.25, 0.3) is 11.2 Å². The van der Waals surface area contributed by atoms with Gasteiger partial charge in [-0.25, -0.2) is 24.5 Å². The quantitative estimate of drug-likeness (QED) is 0.430. The fraction of sp³-hybridized carbons (Fsp3) is 0.182. The van der Waals surface area contributed by atoms with Gasteiger partial charge in [0, 0.05) is 13.3 Å². The second kappa shape index (κ2) is 8.75. The average Bonchev–Trinajstić information content (AvgIpc) is 3.15. The van der Waals surface area contributed by atoms with Gasteiger partial charge in [0.15, 0.2) is 5.65 Å². The summed E-state index contributed by atoms with van der Waals surface area (Å²) in [6.07, 6.45) is 1.73. The smallest absolute Gasteiger partial charge is 0.303 e. The minimum atomic E-state index is -3.89. The number of sulfonamides is 1. The first kappa shape index (κ1) is 21.4. The van der Waals surface area contributed by atoms with Crippen LogP contribution in [0.3, 0.4) is 0 Å². The van der Waals surface area contributed by atoms with Crippen molar-refractivity contribution in [3.63, 3.8) is 0 Å². The molecule has 0 unspecified atom stereocenters. The highest BCUT2D eigenvalue weighted by molar-refractivity contribution is 7.92. The van der Waals surface area contributed by atoms with E-state index in [4.69, 9.17) is 4.74 Å². The normalized spacial score (nSPS) is 11.4. The number of aryl methyl sites for hydroxylation is 1. The topological polar surface area (TPSA) is 116 Å². The Morgan fingerprint density at radius 3 is 2.50 bits per heavy atom. The van der Waals surface area contributed by atoms with Gasteiger partial charge in [-0.15, -0.1) is 0 Å². The molecule has 0 fully saturated rings. The molecule has 0 aliphatic carbocycles. The van der Waals surface area contributed by atoms with E-state index in [1.165, 1.54) is 24.0 Å². The predicted molar refractivity (Wildman–Crippen MR) is 118 cm³/mol. The minimum absolute atomic E-state index is 0.0995. The van der Waals surface area contributed by atoms with Crippen LogP contribution in [0.5, 0.6) is 0 Å². The Morgan fingerprint density at radius 2 is 1.78 bits per heavy atom. The lowest BCUT2D eigenvalue weighted by Crippen LogP contribution is -2.23. The maximum Gasteiger partial charge on any atom is 0.303 e. The zero-order valence-electron chi connectivity index (χ0n) is 17.5. The van der Waals surface area contributed by atoms with E-state index in [0.717, 1.165) is 5.56 Å². The van der Waals surface area contributed by atoms with Crippen molar-refractivity contribution in [1.82, 2.24) is 19.6 Å². The lowest BCUT2D eigenvalue weighted by Gasteiger charge is -2.12. The maximum atomic E-state index is 13.0. The van der Waals surface area contributed by atoms with Crippen LogP contribution in [0.4, 0.5) is 0 Å². The van der Waals surface area contributed by atoms with E-state index >= 15 is 0 Å². The maximum absolute atomic E-state index is 13.0. The van der Waals surface area contributed by atoms with Crippen molar-refractivity contribution in [2.24, 2.45) is 0 Å². The number of hydrogen-bond donors (Lipinski definition) is 1. The second-order valence-electron chi connectivity index (χ2n) is 7.18. The summed E-state index contributed by atoms with van der Waals surface area (Å²) >= 11 is 0. The third kappa shape index (κ3) is 4.59. The van der Waals surface area contributed by atoms with Crippen LogP contribution in [-0.4, -0.2) is 34.0 Å². The van der Waals surface area contributed by atoms with E-state index in [0.29, 0.717) is 29.0 Å². The average molecular weight is 452 g/mol.